The Morgan fingerprint density at radius 2 is 2.00 bits per heavy atom. The Kier molecular flexibility index (Phi) is 3.22. The zero-order valence-electron chi connectivity index (χ0n) is 10.4. The molecule has 3 N–H and O–H groups in total. The van der Waals surface area contributed by atoms with Crippen LogP contribution in [0.25, 0.3) is 0 Å². The van der Waals surface area contributed by atoms with Gasteiger partial charge in [0.1, 0.15) is 5.75 Å². The Hall–Kier alpha value is -1.87. The molecule has 1 unspecified atom stereocenters. The van der Waals surface area contributed by atoms with Crippen LogP contribution < -0.4 is 15.8 Å². The summed E-state index contributed by atoms with van der Waals surface area (Å²) in [7, 11) is 0. The predicted molar refractivity (Wildman–Crippen MR) is 78.8 cm³/mol. The van der Waals surface area contributed by atoms with Crippen molar-refractivity contribution in [2.45, 2.75) is 12.5 Å². The fraction of sp³-hybridized carbons (Fsp3) is 0.200. The molecule has 0 saturated carbocycles. The van der Waals surface area contributed by atoms with Crippen LogP contribution in [0.5, 0.6) is 5.75 Å². The molecule has 2 aromatic carbocycles. The molecule has 3 nitrogen and oxygen atoms in total. The molecule has 1 aliphatic heterocycles. The van der Waals surface area contributed by atoms with Crippen molar-refractivity contribution in [1.29, 1.82) is 0 Å². The number of hydrogen-bond donors (Lipinski definition) is 2. The fourth-order valence-corrected chi connectivity index (χ4v) is 2.52. The van der Waals surface area contributed by atoms with Crippen LogP contribution in [-0.2, 0) is 0 Å². The summed E-state index contributed by atoms with van der Waals surface area (Å²) in [6, 6.07) is 13.9. The maximum absolute atomic E-state index is 6.04. The number of nitrogens with two attached hydrogens (primary N) is 1. The first-order chi connectivity index (χ1) is 9.25. The van der Waals surface area contributed by atoms with Gasteiger partial charge in [0.25, 0.3) is 0 Å². The highest BCUT2D eigenvalue weighted by atomic mass is 35.5. The molecule has 0 bridgehead atoms. The van der Waals surface area contributed by atoms with E-state index in [1.165, 1.54) is 0 Å². The number of hydrogen-bond acceptors (Lipinski definition) is 3. The highest BCUT2D eigenvalue weighted by Gasteiger charge is 2.21. The van der Waals surface area contributed by atoms with E-state index in [-0.39, 0.29) is 6.04 Å². The average molecular weight is 275 g/mol. The Morgan fingerprint density at radius 3 is 2.89 bits per heavy atom. The van der Waals surface area contributed by atoms with E-state index in [4.69, 9.17) is 22.1 Å². The molecule has 1 aliphatic rings. The molecule has 3 rings (SSSR count). The van der Waals surface area contributed by atoms with Crippen molar-refractivity contribution in [2.75, 3.05) is 17.7 Å². The lowest BCUT2D eigenvalue weighted by Crippen LogP contribution is -2.20. The minimum atomic E-state index is 0.200. The summed E-state index contributed by atoms with van der Waals surface area (Å²) in [5.74, 6) is 0.937. The van der Waals surface area contributed by atoms with Gasteiger partial charge in [0.15, 0.2) is 0 Å². The van der Waals surface area contributed by atoms with E-state index in [1.807, 2.05) is 30.3 Å². The molecule has 0 radical (unpaired) electrons. The molecule has 1 atom stereocenters. The third-order valence-corrected chi connectivity index (χ3v) is 3.67. The molecule has 0 fully saturated rings. The van der Waals surface area contributed by atoms with Gasteiger partial charge < -0.3 is 15.8 Å². The van der Waals surface area contributed by atoms with Crippen LogP contribution in [0, 0.1) is 0 Å². The Balaban J connectivity index is 1.91. The van der Waals surface area contributed by atoms with Gasteiger partial charge in [0, 0.05) is 12.0 Å². The summed E-state index contributed by atoms with van der Waals surface area (Å²) in [6.45, 7) is 0.704. The second kappa shape index (κ2) is 5.02. The summed E-state index contributed by atoms with van der Waals surface area (Å²) in [6.07, 6.45) is 0.906. The average Bonchev–Trinajstić information content (AvgIpc) is 2.44. The zero-order valence-corrected chi connectivity index (χ0v) is 11.2. The molecule has 4 heteroatoms. The third-order valence-electron chi connectivity index (χ3n) is 3.34. The third kappa shape index (κ3) is 2.34. The number of para-hydroxylation sites is 2. The second-order valence-corrected chi connectivity index (χ2v) is 4.98. The minimum Gasteiger partial charge on any atom is -0.493 e. The summed E-state index contributed by atoms with van der Waals surface area (Å²) in [4.78, 5) is 0. The molecule has 1 heterocycles. The maximum Gasteiger partial charge on any atom is 0.124 e. The van der Waals surface area contributed by atoms with Gasteiger partial charge in [-0.15, -0.1) is 0 Å². The number of anilines is 2. The number of halogens is 1. The van der Waals surface area contributed by atoms with Crippen LogP contribution in [0.1, 0.15) is 18.0 Å². The van der Waals surface area contributed by atoms with Gasteiger partial charge in [0.2, 0.25) is 0 Å². The second-order valence-electron chi connectivity index (χ2n) is 4.57. The first kappa shape index (κ1) is 12.2. The molecule has 0 spiro atoms. The van der Waals surface area contributed by atoms with Crippen molar-refractivity contribution in [1.82, 2.24) is 0 Å². The van der Waals surface area contributed by atoms with Gasteiger partial charge in [-0.1, -0.05) is 35.9 Å². The maximum atomic E-state index is 6.04. The number of nitrogen functional groups attached to an aromatic ring is 1. The zero-order chi connectivity index (χ0) is 13.2. The van der Waals surface area contributed by atoms with Crippen LogP contribution in [-0.4, -0.2) is 6.61 Å². The number of rotatable bonds is 2. The largest absolute Gasteiger partial charge is 0.493 e. The standard InChI is InChI=1S/C15H15ClN2O/c16-11-5-3-6-13(15(11)17)18-12-8-9-19-14-7-2-1-4-10(12)14/h1-7,12,18H,8-9,17H2. The smallest absolute Gasteiger partial charge is 0.124 e. The van der Waals surface area contributed by atoms with Crippen molar-refractivity contribution in [3.63, 3.8) is 0 Å². The lowest BCUT2D eigenvalue weighted by Gasteiger charge is -2.28. The molecular formula is C15H15ClN2O. The van der Waals surface area contributed by atoms with Gasteiger partial charge in [-0.25, -0.2) is 0 Å². The molecule has 0 aliphatic carbocycles. The minimum absolute atomic E-state index is 0.200. The molecule has 0 saturated heterocycles. The monoisotopic (exact) mass is 274 g/mol. The van der Waals surface area contributed by atoms with Crippen molar-refractivity contribution in [3.05, 3.63) is 53.1 Å². The molecule has 98 valence electrons. The van der Waals surface area contributed by atoms with Crippen molar-refractivity contribution < 1.29 is 4.74 Å². The van der Waals surface area contributed by atoms with E-state index in [2.05, 4.69) is 11.4 Å². The van der Waals surface area contributed by atoms with E-state index >= 15 is 0 Å². The first-order valence-electron chi connectivity index (χ1n) is 6.28. The van der Waals surface area contributed by atoms with E-state index in [0.29, 0.717) is 17.3 Å². The molecule has 0 amide bonds. The van der Waals surface area contributed by atoms with Gasteiger partial charge in [0.05, 0.1) is 29.0 Å². The van der Waals surface area contributed by atoms with Crippen LogP contribution in [0.3, 0.4) is 0 Å². The van der Waals surface area contributed by atoms with Crippen molar-refractivity contribution in [3.8, 4) is 5.75 Å². The lowest BCUT2D eigenvalue weighted by molar-refractivity contribution is 0.274. The number of ether oxygens (including phenoxy) is 1. The van der Waals surface area contributed by atoms with Crippen LogP contribution in [0.15, 0.2) is 42.5 Å². The predicted octanol–water partition coefficient (Wildman–Crippen LogP) is 3.86. The Labute approximate surface area is 117 Å². The molecule has 19 heavy (non-hydrogen) atoms. The lowest BCUT2D eigenvalue weighted by atomic mass is 10.00. The van der Waals surface area contributed by atoms with Crippen LogP contribution >= 0.6 is 11.6 Å². The topological polar surface area (TPSA) is 47.3 Å². The van der Waals surface area contributed by atoms with Gasteiger partial charge >= 0.3 is 0 Å². The van der Waals surface area contributed by atoms with E-state index in [0.717, 1.165) is 23.4 Å². The number of nitrogens with one attached hydrogen (secondary N) is 1. The SMILES string of the molecule is Nc1c(Cl)cccc1NC1CCOc2ccccc21. The quantitative estimate of drug-likeness (QED) is 0.818. The normalized spacial score (nSPS) is 17.4. The number of benzene rings is 2. The summed E-state index contributed by atoms with van der Waals surface area (Å²) >= 11 is 6.04. The van der Waals surface area contributed by atoms with E-state index in [1.54, 1.807) is 6.07 Å². The summed E-state index contributed by atoms with van der Waals surface area (Å²) in [5, 5.41) is 4.03. The van der Waals surface area contributed by atoms with Crippen molar-refractivity contribution >= 4 is 23.0 Å². The summed E-state index contributed by atoms with van der Waals surface area (Å²) < 4.78 is 5.65. The highest BCUT2D eigenvalue weighted by molar-refractivity contribution is 6.33. The van der Waals surface area contributed by atoms with Crippen LogP contribution in [0.2, 0.25) is 5.02 Å². The fourth-order valence-electron chi connectivity index (χ4n) is 2.34. The van der Waals surface area contributed by atoms with Crippen molar-refractivity contribution in [2.24, 2.45) is 0 Å². The highest BCUT2D eigenvalue weighted by Crippen LogP contribution is 2.36. The number of fused-ring (bicyclic) bond motifs is 1. The van der Waals surface area contributed by atoms with E-state index in [9.17, 15) is 0 Å². The molecular weight excluding hydrogens is 260 g/mol. The summed E-state index contributed by atoms with van der Waals surface area (Å²) in [5.41, 5.74) is 8.61. The Bertz CT molecular complexity index is 600. The Morgan fingerprint density at radius 1 is 1.16 bits per heavy atom. The molecule has 2 aromatic rings. The van der Waals surface area contributed by atoms with E-state index < -0.39 is 0 Å². The first-order valence-corrected chi connectivity index (χ1v) is 6.66. The van der Waals surface area contributed by atoms with Crippen LogP contribution in [0.4, 0.5) is 11.4 Å². The van der Waals surface area contributed by atoms with Gasteiger partial charge in [-0.3, -0.25) is 0 Å². The molecule has 0 aromatic heterocycles. The van der Waals surface area contributed by atoms with Gasteiger partial charge in [-0.05, 0) is 18.2 Å². The van der Waals surface area contributed by atoms with Gasteiger partial charge in [-0.2, -0.15) is 0 Å².